The fraction of sp³-hybridized carbons (Fsp3) is 0.222. The molecule has 0 aliphatic carbocycles. The maximum atomic E-state index is 12.7. The molecule has 4 heteroatoms. The maximum absolute atomic E-state index is 12.7. The van der Waals surface area contributed by atoms with E-state index in [-0.39, 0.29) is 17.2 Å². The van der Waals surface area contributed by atoms with Crippen LogP contribution < -0.4 is 0 Å². The maximum Gasteiger partial charge on any atom is 0.145 e. The molecule has 0 atom stereocenters. The van der Waals surface area contributed by atoms with Crippen LogP contribution in [0.3, 0.4) is 0 Å². The van der Waals surface area contributed by atoms with Gasteiger partial charge >= 0.3 is 0 Å². The van der Waals surface area contributed by atoms with E-state index in [1.165, 1.54) is 6.07 Å². The third kappa shape index (κ3) is 2.33. The molecule has 0 bridgehead atoms. The van der Waals surface area contributed by atoms with E-state index in [2.05, 4.69) is 0 Å². The van der Waals surface area contributed by atoms with E-state index in [0.717, 1.165) is 6.07 Å². The minimum atomic E-state index is -0.653. The third-order valence-corrected chi connectivity index (χ3v) is 1.92. The van der Waals surface area contributed by atoms with Gasteiger partial charge in [-0.05, 0) is 18.1 Å². The van der Waals surface area contributed by atoms with Crippen molar-refractivity contribution < 1.29 is 9.50 Å². The number of aryl methyl sites for hydroxylation is 1. The number of hydrogen-bond acceptors (Lipinski definition) is 2. The van der Waals surface area contributed by atoms with Gasteiger partial charge in [0.25, 0.3) is 0 Å². The Labute approximate surface area is 80.2 Å². The van der Waals surface area contributed by atoms with Crippen molar-refractivity contribution >= 4 is 11.6 Å². The van der Waals surface area contributed by atoms with E-state index in [4.69, 9.17) is 16.9 Å². The number of phenols is 1. The van der Waals surface area contributed by atoms with Crippen molar-refractivity contribution in [3.63, 3.8) is 0 Å². The largest absolute Gasteiger partial charge is 0.508 e. The van der Waals surface area contributed by atoms with Gasteiger partial charge in [0.15, 0.2) is 0 Å². The minimum absolute atomic E-state index is 0.0364. The lowest BCUT2D eigenvalue weighted by atomic mass is 10.1. The Morgan fingerprint density at radius 3 is 2.85 bits per heavy atom. The first kappa shape index (κ1) is 9.82. The molecule has 0 saturated carbocycles. The average molecular weight is 200 g/mol. The van der Waals surface area contributed by atoms with Gasteiger partial charge < -0.3 is 5.11 Å². The lowest BCUT2D eigenvalue weighted by molar-refractivity contribution is 0.462. The fourth-order valence-corrected chi connectivity index (χ4v) is 1.15. The predicted molar refractivity (Wildman–Crippen MR) is 47.0 cm³/mol. The van der Waals surface area contributed by atoms with Crippen LogP contribution >= 0.6 is 11.6 Å². The predicted octanol–water partition coefficient (Wildman–Crippen LogP) is 2.64. The lowest BCUT2D eigenvalue weighted by Crippen LogP contribution is -1.87. The first-order chi connectivity index (χ1) is 6.15. The van der Waals surface area contributed by atoms with E-state index < -0.39 is 5.82 Å². The lowest BCUT2D eigenvalue weighted by Gasteiger charge is -2.03. The summed E-state index contributed by atoms with van der Waals surface area (Å²) in [6.07, 6.45) is 0.651. The quantitative estimate of drug-likeness (QED) is 0.796. The van der Waals surface area contributed by atoms with Crippen LogP contribution in [0.25, 0.3) is 0 Å². The molecule has 0 aliphatic rings. The van der Waals surface area contributed by atoms with Crippen LogP contribution in [0.4, 0.5) is 4.39 Å². The summed E-state index contributed by atoms with van der Waals surface area (Å²) in [5.74, 6) is -0.808. The Hall–Kier alpha value is -1.27. The summed E-state index contributed by atoms with van der Waals surface area (Å²) in [4.78, 5) is 0. The summed E-state index contributed by atoms with van der Waals surface area (Å²) >= 11 is 5.50. The van der Waals surface area contributed by atoms with Gasteiger partial charge in [-0.1, -0.05) is 11.6 Å². The van der Waals surface area contributed by atoms with Crippen molar-refractivity contribution in [2.24, 2.45) is 0 Å². The molecule has 1 N–H and O–H groups in total. The monoisotopic (exact) mass is 199 g/mol. The topological polar surface area (TPSA) is 44.0 Å². The number of rotatable bonds is 2. The van der Waals surface area contributed by atoms with Crippen molar-refractivity contribution in [3.05, 3.63) is 28.5 Å². The van der Waals surface area contributed by atoms with Gasteiger partial charge in [0, 0.05) is 12.5 Å². The summed E-state index contributed by atoms with van der Waals surface area (Å²) in [6, 6.07) is 4.22. The van der Waals surface area contributed by atoms with Crippen molar-refractivity contribution in [2.75, 3.05) is 0 Å². The van der Waals surface area contributed by atoms with Crippen LogP contribution in [0.5, 0.6) is 5.75 Å². The SMILES string of the molecule is N#CCCc1cc(Cl)c(F)cc1O. The number of benzene rings is 1. The highest BCUT2D eigenvalue weighted by atomic mass is 35.5. The summed E-state index contributed by atoms with van der Waals surface area (Å²) < 4.78 is 12.7. The van der Waals surface area contributed by atoms with Gasteiger partial charge in [0.2, 0.25) is 0 Å². The first-order valence-corrected chi connectivity index (χ1v) is 4.06. The van der Waals surface area contributed by atoms with E-state index in [1.54, 1.807) is 0 Å². The first-order valence-electron chi connectivity index (χ1n) is 3.69. The molecule has 68 valence electrons. The standard InChI is InChI=1S/C9H7ClFNO/c10-7-4-6(2-1-3-12)9(13)5-8(7)11/h4-5,13H,1-2H2. The number of phenolic OH excluding ortho intramolecular Hbond substituents is 1. The Bertz CT molecular complexity index is 359. The highest BCUT2D eigenvalue weighted by molar-refractivity contribution is 6.30. The van der Waals surface area contributed by atoms with Crippen molar-refractivity contribution in [1.29, 1.82) is 5.26 Å². The van der Waals surface area contributed by atoms with Crippen molar-refractivity contribution in [2.45, 2.75) is 12.8 Å². The molecule has 0 aromatic heterocycles. The van der Waals surface area contributed by atoms with Gasteiger partial charge in [0.05, 0.1) is 11.1 Å². The second kappa shape index (κ2) is 4.11. The summed E-state index contributed by atoms with van der Waals surface area (Å²) in [5.41, 5.74) is 0.493. The molecule has 0 unspecified atom stereocenters. The molecule has 0 spiro atoms. The van der Waals surface area contributed by atoms with Gasteiger partial charge in [-0.25, -0.2) is 4.39 Å². The zero-order valence-electron chi connectivity index (χ0n) is 6.72. The van der Waals surface area contributed by atoms with E-state index in [1.807, 2.05) is 6.07 Å². The van der Waals surface area contributed by atoms with E-state index >= 15 is 0 Å². The van der Waals surface area contributed by atoms with Crippen LogP contribution in [0, 0.1) is 17.1 Å². The molecule has 1 aromatic rings. The normalized spacial score (nSPS) is 9.62. The Kier molecular flexibility index (Phi) is 3.10. The molecule has 1 aromatic carbocycles. The third-order valence-electron chi connectivity index (χ3n) is 1.63. The molecule has 0 aliphatic heterocycles. The number of halogens is 2. The van der Waals surface area contributed by atoms with Gasteiger partial charge in [-0.2, -0.15) is 5.26 Å². The van der Waals surface area contributed by atoms with Crippen LogP contribution in [0.2, 0.25) is 5.02 Å². The summed E-state index contributed by atoms with van der Waals surface area (Å²) in [6.45, 7) is 0. The van der Waals surface area contributed by atoms with Gasteiger partial charge in [0.1, 0.15) is 11.6 Å². The van der Waals surface area contributed by atoms with E-state index in [0.29, 0.717) is 12.0 Å². The van der Waals surface area contributed by atoms with Crippen LogP contribution in [0.1, 0.15) is 12.0 Å². The zero-order chi connectivity index (χ0) is 9.84. The zero-order valence-corrected chi connectivity index (χ0v) is 7.48. The molecule has 0 radical (unpaired) electrons. The molecular weight excluding hydrogens is 193 g/mol. The number of hydrogen-bond donors (Lipinski definition) is 1. The molecule has 0 heterocycles. The van der Waals surface area contributed by atoms with Gasteiger partial charge in [-0.3, -0.25) is 0 Å². The molecule has 13 heavy (non-hydrogen) atoms. The average Bonchev–Trinajstić information content (AvgIpc) is 2.09. The van der Waals surface area contributed by atoms with Crippen LogP contribution in [0.15, 0.2) is 12.1 Å². The summed E-state index contributed by atoms with van der Waals surface area (Å²) in [7, 11) is 0. The molecule has 0 saturated heterocycles. The van der Waals surface area contributed by atoms with Crippen molar-refractivity contribution in [3.8, 4) is 11.8 Å². The number of nitrogens with zero attached hydrogens (tertiary/aromatic N) is 1. The smallest absolute Gasteiger partial charge is 0.145 e. The van der Waals surface area contributed by atoms with Crippen LogP contribution in [-0.2, 0) is 6.42 Å². The second-order valence-corrected chi connectivity index (χ2v) is 2.96. The Morgan fingerprint density at radius 1 is 1.54 bits per heavy atom. The second-order valence-electron chi connectivity index (χ2n) is 2.55. The fourth-order valence-electron chi connectivity index (χ4n) is 0.968. The number of aromatic hydroxyl groups is 1. The molecule has 2 nitrogen and oxygen atoms in total. The highest BCUT2D eigenvalue weighted by Gasteiger charge is 2.06. The molecule has 0 amide bonds. The minimum Gasteiger partial charge on any atom is -0.508 e. The highest BCUT2D eigenvalue weighted by Crippen LogP contribution is 2.25. The number of nitriles is 1. The summed E-state index contributed by atoms with van der Waals surface area (Å²) in [5, 5.41) is 17.5. The van der Waals surface area contributed by atoms with E-state index in [9.17, 15) is 9.50 Å². The molecule has 1 rings (SSSR count). The molecule has 0 fully saturated rings. The Morgan fingerprint density at radius 2 is 2.23 bits per heavy atom. The van der Waals surface area contributed by atoms with Crippen LogP contribution in [-0.4, -0.2) is 5.11 Å². The molecular formula is C9H7ClFNO. The van der Waals surface area contributed by atoms with Crippen molar-refractivity contribution in [1.82, 2.24) is 0 Å². The Balaban J connectivity index is 2.96. The van der Waals surface area contributed by atoms with Gasteiger partial charge in [-0.15, -0.1) is 0 Å².